The van der Waals surface area contributed by atoms with E-state index in [-0.39, 0.29) is 30.9 Å². The summed E-state index contributed by atoms with van der Waals surface area (Å²) in [5.74, 6) is -2.47. The number of aryl methyl sites for hydroxylation is 1. The quantitative estimate of drug-likeness (QED) is 0.384. The molecule has 4 aliphatic heterocycles. The van der Waals surface area contributed by atoms with Crippen LogP contribution in [0.4, 0.5) is 11.4 Å². The average molecular weight is 590 g/mol. The minimum Gasteiger partial charge on any atom is -0.396 e. The van der Waals surface area contributed by atoms with E-state index in [1.165, 1.54) is 0 Å². The zero-order valence-electron chi connectivity index (χ0n) is 23.9. The van der Waals surface area contributed by atoms with Crippen LogP contribution in [0.15, 0.2) is 72.8 Å². The summed E-state index contributed by atoms with van der Waals surface area (Å²) >= 11 is 6.64. The molecular formula is C33H36ClN3O5. The number of benzene rings is 2. The summed E-state index contributed by atoms with van der Waals surface area (Å²) in [4.78, 5) is 48.5. The Labute approximate surface area is 251 Å². The number of aliphatic hydroxyl groups is 1. The van der Waals surface area contributed by atoms with Crippen LogP contribution in [0.5, 0.6) is 0 Å². The van der Waals surface area contributed by atoms with Crippen molar-refractivity contribution in [2.45, 2.75) is 50.4 Å². The molecule has 0 aliphatic carbocycles. The van der Waals surface area contributed by atoms with E-state index in [4.69, 9.17) is 16.3 Å². The van der Waals surface area contributed by atoms with Crippen LogP contribution in [0.3, 0.4) is 0 Å². The number of anilines is 2. The van der Waals surface area contributed by atoms with E-state index in [0.29, 0.717) is 43.1 Å². The van der Waals surface area contributed by atoms with Crippen molar-refractivity contribution in [3.05, 3.63) is 83.4 Å². The van der Waals surface area contributed by atoms with Gasteiger partial charge in [0.05, 0.1) is 28.1 Å². The molecule has 2 aromatic carbocycles. The molecule has 42 heavy (non-hydrogen) atoms. The molecule has 3 amide bonds. The lowest BCUT2D eigenvalue weighted by Crippen LogP contribution is -2.56. The van der Waals surface area contributed by atoms with Gasteiger partial charge in [-0.25, -0.2) is 0 Å². The molecule has 1 spiro atoms. The SMILES string of the molecule is Cc1cccc(Cl)c1N1CC=C[C@]23O[C@@]4(C)C=CCN(c5ccccc5)C(=O)[C@H]4[C@H]2C(=O)N(CCCCCO)C3C1=O. The van der Waals surface area contributed by atoms with E-state index in [0.717, 1.165) is 11.3 Å². The minimum atomic E-state index is -1.34. The number of likely N-dealkylation sites (tertiary alicyclic amines) is 1. The van der Waals surface area contributed by atoms with Crippen molar-refractivity contribution in [1.29, 1.82) is 0 Å². The molecule has 0 saturated carbocycles. The molecule has 0 aromatic heterocycles. The highest BCUT2D eigenvalue weighted by atomic mass is 35.5. The lowest BCUT2D eigenvalue weighted by Gasteiger charge is -2.37. The lowest BCUT2D eigenvalue weighted by molar-refractivity contribution is -0.144. The number of aliphatic hydroxyl groups excluding tert-OH is 1. The van der Waals surface area contributed by atoms with Gasteiger partial charge in [-0.3, -0.25) is 14.4 Å². The number of ether oxygens (including phenoxy) is 1. The van der Waals surface area contributed by atoms with Crippen molar-refractivity contribution in [2.75, 3.05) is 36.0 Å². The van der Waals surface area contributed by atoms with Gasteiger partial charge in [-0.2, -0.15) is 0 Å². The number of para-hydroxylation sites is 2. The van der Waals surface area contributed by atoms with Crippen LogP contribution in [0.25, 0.3) is 0 Å². The molecule has 5 atom stereocenters. The third kappa shape index (κ3) is 4.39. The molecular weight excluding hydrogens is 554 g/mol. The smallest absolute Gasteiger partial charge is 0.253 e. The van der Waals surface area contributed by atoms with E-state index < -0.39 is 29.1 Å². The number of halogens is 1. The second-order valence-electron chi connectivity index (χ2n) is 11.8. The maximum atomic E-state index is 14.7. The van der Waals surface area contributed by atoms with Gasteiger partial charge in [0, 0.05) is 31.9 Å². The highest BCUT2D eigenvalue weighted by molar-refractivity contribution is 6.34. The Morgan fingerprint density at radius 3 is 2.36 bits per heavy atom. The third-order valence-corrected chi connectivity index (χ3v) is 9.45. The first-order valence-electron chi connectivity index (χ1n) is 14.6. The van der Waals surface area contributed by atoms with Gasteiger partial charge in [0.2, 0.25) is 11.8 Å². The van der Waals surface area contributed by atoms with E-state index in [2.05, 4.69) is 0 Å². The third-order valence-electron chi connectivity index (χ3n) is 9.14. The predicted molar refractivity (Wildman–Crippen MR) is 161 cm³/mol. The highest BCUT2D eigenvalue weighted by Gasteiger charge is 2.74. The average Bonchev–Trinajstić information content (AvgIpc) is 3.23. The van der Waals surface area contributed by atoms with Gasteiger partial charge in [-0.05, 0) is 56.9 Å². The molecule has 4 heterocycles. The summed E-state index contributed by atoms with van der Waals surface area (Å²) in [6.07, 6.45) is 9.44. The normalized spacial score (nSPS) is 30.3. The molecule has 4 aliphatic rings. The molecule has 2 saturated heterocycles. The summed E-state index contributed by atoms with van der Waals surface area (Å²) < 4.78 is 6.92. The van der Waals surface area contributed by atoms with Gasteiger partial charge in [0.15, 0.2) is 0 Å². The van der Waals surface area contributed by atoms with Crippen LogP contribution in [-0.2, 0) is 19.1 Å². The van der Waals surface area contributed by atoms with E-state index in [1.54, 1.807) is 20.8 Å². The second-order valence-corrected chi connectivity index (χ2v) is 12.2. The van der Waals surface area contributed by atoms with E-state index in [1.807, 2.05) is 80.6 Å². The van der Waals surface area contributed by atoms with Crippen molar-refractivity contribution in [3.63, 3.8) is 0 Å². The van der Waals surface area contributed by atoms with Crippen molar-refractivity contribution in [2.24, 2.45) is 11.8 Å². The first-order chi connectivity index (χ1) is 20.2. The topological polar surface area (TPSA) is 90.4 Å². The Bertz CT molecular complexity index is 1440. The molecule has 9 heteroatoms. The van der Waals surface area contributed by atoms with Crippen molar-refractivity contribution >= 4 is 40.7 Å². The molecule has 0 radical (unpaired) electrons. The van der Waals surface area contributed by atoms with Crippen LogP contribution in [0.2, 0.25) is 5.02 Å². The van der Waals surface area contributed by atoms with Crippen LogP contribution < -0.4 is 9.80 Å². The molecule has 8 nitrogen and oxygen atoms in total. The van der Waals surface area contributed by atoms with Gasteiger partial charge in [-0.1, -0.05) is 66.2 Å². The Morgan fingerprint density at radius 1 is 0.881 bits per heavy atom. The number of unbranched alkanes of at least 4 members (excludes halogenated alkanes) is 2. The monoisotopic (exact) mass is 589 g/mol. The van der Waals surface area contributed by atoms with E-state index >= 15 is 0 Å². The Morgan fingerprint density at radius 2 is 1.62 bits per heavy atom. The molecule has 1 unspecified atom stereocenters. The molecule has 2 fully saturated rings. The van der Waals surface area contributed by atoms with Crippen molar-refractivity contribution in [1.82, 2.24) is 4.90 Å². The molecule has 1 N–H and O–H groups in total. The molecule has 2 aromatic rings. The Hall–Kier alpha value is -3.46. The lowest BCUT2D eigenvalue weighted by atomic mass is 9.74. The zero-order valence-corrected chi connectivity index (χ0v) is 24.7. The number of rotatable bonds is 7. The number of carbonyl (C=O) groups is 3. The standard InChI is InChI=1S/C33H36ClN3O5/c1-22-12-9-15-24(34)27(22)36-20-11-17-33-26(30(40)37(28(33)31(36)41)18-7-4-8-21-38)25-29(39)35(23-13-5-3-6-14-23)19-10-16-32(25,2)42-33/h3,5-6,9-17,25-26,28,38H,4,7-8,18-21H2,1-2H3/t25-,26+,28?,32+,33+/m1/s1. The summed E-state index contributed by atoms with van der Waals surface area (Å²) in [6.45, 7) is 4.74. The van der Waals surface area contributed by atoms with Crippen LogP contribution >= 0.6 is 11.6 Å². The van der Waals surface area contributed by atoms with Crippen LogP contribution in [0, 0.1) is 18.8 Å². The largest absolute Gasteiger partial charge is 0.396 e. The van der Waals surface area contributed by atoms with Gasteiger partial charge < -0.3 is 24.5 Å². The zero-order chi connectivity index (χ0) is 29.6. The molecule has 220 valence electrons. The maximum Gasteiger partial charge on any atom is 0.253 e. The number of hydrogen-bond donors (Lipinski definition) is 1. The number of carbonyl (C=O) groups excluding carboxylic acids is 3. The van der Waals surface area contributed by atoms with E-state index in [9.17, 15) is 19.5 Å². The Kier molecular flexibility index (Phi) is 7.50. The fourth-order valence-corrected chi connectivity index (χ4v) is 7.66. The first kappa shape index (κ1) is 28.6. The molecule has 0 bridgehead atoms. The first-order valence-corrected chi connectivity index (χ1v) is 15.0. The summed E-state index contributed by atoms with van der Waals surface area (Å²) in [5, 5.41) is 9.77. The fraction of sp³-hybridized carbons (Fsp3) is 0.424. The minimum absolute atomic E-state index is 0.0604. The summed E-state index contributed by atoms with van der Waals surface area (Å²) in [7, 11) is 0. The summed E-state index contributed by atoms with van der Waals surface area (Å²) in [5.41, 5.74) is -0.243. The van der Waals surface area contributed by atoms with Crippen LogP contribution in [-0.4, -0.2) is 71.2 Å². The highest BCUT2D eigenvalue weighted by Crippen LogP contribution is 2.58. The maximum absolute atomic E-state index is 14.7. The fourth-order valence-electron chi connectivity index (χ4n) is 7.34. The Balaban J connectivity index is 1.46. The van der Waals surface area contributed by atoms with Gasteiger partial charge in [0.25, 0.3) is 5.91 Å². The predicted octanol–water partition coefficient (Wildman–Crippen LogP) is 4.29. The number of amides is 3. The number of nitrogens with zero attached hydrogens (tertiary/aromatic N) is 3. The molecule has 6 rings (SSSR count). The second kappa shape index (κ2) is 11.0. The van der Waals surface area contributed by atoms with Crippen molar-refractivity contribution < 1.29 is 24.2 Å². The van der Waals surface area contributed by atoms with Crippen molar-refractivity contribution in [3.8, 4) is 0 Å². The van der Waals surface area contributed by atoms with Crippen LogP contribution in [0.1, 0.15) is 31.7 Å². The van der Waals surface area contributed by atoms with Gasteiger partial charge >= 0.3 is 0 Å². The number of hydrogen-bond acceptors (Lipinski definition) is 5. The van der Waals surface area contributed by atoms with Gasteiger partial charge in [0.1, 0.15) is 11.6 Å². The number of fused-ring (bicyclic) bond motifs is 2. The summed E-state index contributed by atoms with van der Waals surface area (Å²) in [6, 6.07) is 13.9. The van der Waals surface area contributed by atoms with Gasteiger partial charge in [-0.15, -0.1) is 0 Å².